The largest absolute Gasteiger partial charge is 0.494 e. The van der Waals surface area contributed by atoms with Gasteiger partial charge in [-0.3, -0.25) is 10.1 Å². The van der Waals surface area contributed by atoms with Gasteiger partial charge >= 0.3 is 5.97 Å². The SMILES string of the molecule is COc1ccc(-c2ccc3nc(NC(=O)c4ccco4)nn3c2C(=O)O)cc1F. The van der Waals surface area contributed by atoms with E-state index in [-0.39, 0.29) is 34.4 Å². The highest BCUT2D eigenvalue weighted by molar-refractivity contribution is 6.01. The van der Waals surface area contributed by atoms with E-state index in [0.29, 0.717) is 5.56 Å². The summed E-state index contributed by atoms with van der Waals surface area (Å²) in [7, 11) is 1.33. The Bertz CT molecular complexity index is 1230. The van der Waals surface area contributed by atoms with Crippen molar-refractivity contribution in [2.24, 2.45) is 0 Å². The summed E-state index contributed by atoms with van der Waals surface area (Å²) in [6.45, 7) is 0. The number of hydrogen-bond donors (Lipinski definition) is 2. The zero-order chi connectivity index (χ0) is 20.5. The van der Waals surface area contributed by atoms with Crippen LogP contribution in [0.5, 0.6) is 5.75 Å². The Hall–Kier alpha value is -4.21. The monoisotopic (exact) mass is 396 g/mol. The number of rotatable bonds is 5. The molecule has 146 valence electrons. The Balaban J connectivity index is 1.79. The molecule has 3 aromatic heterocycles. The van der Waals surface area contributed by atoms with Crippen LogP contribution in [0.1, 0.15) is 21.0 Å². The molecule has 2 N–H and O–H groups in total. The van der Waals surface area contributed by atoms with E-state index in [2.05, 4.69) is 15.4 Å². The molecule has 3 heterocycles. The summed E-state index contributed by atoms with van der Waals surface area (Å²) in [5.41, 5.74) is 0.493. The van der Waals surface area contributed by atoms with Crippen LogP contribution in [0.2, 0.25) is 0 Å². The van der Waals surface area contributed by atoms with Crippen molar-refractivity contribution in [3.63, 3.8) is 0 Å². The highest BCUT2D eigenvalue weighted by Gasteiger charge is 2.21. The van der Waals surface area contributed by atoms with Crippen molar-refractivity contribution in [1.82, 2.24) is 14.6 Å². The number of carbonyl (C=O) groups is 2. The van der Waals surface area contributed by atoms with Crippen LogP contribution in [-0.4, -0.2) is 38.7 Å². The number of furan rings is 1. The smallest absolute Gasteiger partial charge is 0.355 e. The minimum atomic E-state index is -1.30. The quantitative estimate of drug-likeness (QED) is 0.532. The molecule has 0 fully saturated rings. The lowest BCUT2D eigenvalue weighted by Crippen LogP contribution is -2.13. The summed E-state index contributed by atoms with van der Waals surface area (Å²) < 4.78 is 25.1. The van der Waals surface area contributed by atoms with Gasteiger partial charge in [0.1, 0.15) is 0 Å². The van der Waals surface area contributed by atoms with E-state index in [1.165, 1.54) is 49.8 Å². The maximum Gasteiger partial charge on any atom is 0.355 e. The van der Waals surface area contributed by atoms with E-state index in [1.54, 1.807) is 6.07 Å². The number of aromatic nitrogens is 3. The minimum absolute atomic E-state index is 0.0374. The van der Waals surface area contributed by atoms with Crippen molar-refractivity contribution in [3.05, 3.63) is 66.0 Å². The molecule has 0 saturated heterocycles. The van der Waals surface area contributed by atoms with Crippen LogP contribution in [-0.2, 0) is 0 Å². The molecule has 10 heteroatoms. The molecule has 29 heavy (non-hydrogen) atoms. The van der Waals surface area contributed by atoms with Gasteiger partial charge in [-0.05, 0) is 42.0 Å². The van der Waals surface area contributed by atoms with Crippen LogP contribution in [0.3, 0.4) is 0 Å². The van der Waals surface area contributed by atoms with Crippen molar-refractivity contribution in [1.29, 1.82) is 0 Å². The number of carboxylic acids is 1. The lowest BCUT2D eigenvalue weighted by Gasteiger charge is -2.09. The van der Waals surface area contributed by atoms with Crippen LogP contribution in [0.25, 0.3) is 16.8 Å². The Labute approximate surface area is 162 Å². The Morgan fingerprint density at radius 2 is 2.07 bits per heavy atom. The molecule has 1 aromatic carbocycles. The first-order chi connectivity index (χ1) is 14.0. The minimum Gasteiger partial charge on any atom is -0.494 e. The van der Waals surface area contributed by atoms with E-state index >= 15 is 0 Å². The van der Waals surface area contributed by atoms with Crippen LogP contribution < -0.4 is 10.1 Å². The van der Waals surface area contributed by atoms with Gasteiger partial charge in [0.25, 0.3) is 5.91 Å². The van der Waals surface area contributed by atoms with Gasteiger partial charge in [-0.2, -0.15) is 4.98 Å². The third-order valence-corrected chi connectivity index (χ3v) is 4.13. The Morgan fingerprint density at radius 3 is 2.72 bits per heavy atom. The summed E-state index contributed by atoms with van der Waals surface area (Å²) in [6, 6.07) is 10.1. The van der Waals surface area contributed by atoms with Crippen LogP contribution in [0.15, 0.2) is 53.1 Å². The van der Waals surface area contributed by atoms with Gasteiger partial charge in [0.05, 0.1) is 13.4 Å². The van der Waals surface area contributed by atoms with Gasteiger partial charge in [-0.25, -0.2) is 13.7 Å². The number of benzene rings is 1. The van der Waals surface area contributed by atoms with Gasteiger partial charge in [0, 0.05) is 5.56 Å². The average Bonchev–Trinajstić information content (AvgIpc) is 3.36. The number of ether oxygens (including phenoxy) is 1. The van der Waals surface area contributed by atoms with E-state index in [1.807, 2.05) is 0 Å². The number of nitrogens with zero attached hydrogens (tertiary/aromatic N) is 3. The molecule has 0 aliphatic carbocycles. The summed E-state index contributed by atoms with van der Waals surface area (Å²) in [4.78, 5) is 28.1. The van der Waals surface area contributed by atoms with Crippen molar-refractivity contribution in [2.45, 2.75) is 0 Å². The third-order valence-electron chi connectivity index (χ3n) is 4.13. The number of pyridine rings is 1. The molecule has 0 aliphatic rings. The van der Waals surface area contributed by atoms with Gasteiger partial charge in [0.15, 0.2) is 28.7 Å². The number of nitrogens with one attached hydrogen (secondary N) is 1. The number of fused-ring (bicyclic) bond motifs is 1. The van der Waals surface area contributed by atoms with Crippen LogP contribution in [0.4, 0.5) is 10.3 Å². The van der Waals surface area contributed by atoms with Gasteiger partial charge in [0.2, 0.25) is 5.95 Å². The van der Waals surface area contributed by atoms with Crippen molar-refractivity contribution >= 4 is 23.5 Å². The number of hydrogen-bond acceptors (Lipinski definition) is 6. The second kappa shape index (κ2) is 7.08. The first-order valence-electron chi connectivity index (χ1n) is 8.30. The maximum absolute atomic E-state index is 14.1. The zero-order valence-electron chi connectivity index (χ0n) is 14.9. The molecule has 4 rings (SSSR count). The number of amides is 1. The normalized spacial score (nSPS) is 10.8. The van der Waals surface area contributed by atoms with E-state index in [0.717, 1.165) is 4.52 Å². The molecule has 0 unspecified atom stereocenters. The molecule has 0 radical (unpaired) electrons. The Morgan fingerprint density at radius 1 is 1.24 bits per heavy atom. The molecule has 0 saturated carbocycles. The van der Waals surface area contributed by atoms with Crippen LogP contribution in [0, 0.1) is 5.82 Å². The summed E-state index contributed by atoms with van der Waals surface area (Å²) >= 11 is 0. The molecular weight excluding hydrogens is 383 g/mol. The zero-order valence-corrected chi connectivity index (χ0v) is 14.9. The average molecular weight is 396 g/mol. The number of carboxylic acid groups (broad SMARTS) is 1. The number of carbonyl (C=O) groups excluding carboxylic acids is 1. The molecule has 4 aromatic rings. The molecule has 0 spiro atoms. The van der Waals surface area contributed by atoms with Crippen molar-refractivity contribution in [3.8, 4) is 16.9 Å². The van der Waals surface area contributed by atoms with Crippen molar-refractivity contribution in [2.75, 3.05) is 12.4 Å². The second-order valence-electron chi connectivity index (χ2n) is 5.89. The standard InChI is InChI=1S/C19H13FN4O5/c1-28-13-6-4-10(9-12(13)20)11-5-7-15-21-19(23-24(15)16(11)18(26)27)22-17(25)14-3-2-8-29-14/h2-9H,1H3,(H,26,27)(H,22,23,25). The summed E-state index contributed by atoms with van der Waals surface area (Å²) in [5.74, 6) is -2.53. The number of methoxy groups -OCH3 is 1. The predicted octanol–water partition coefficient (Wildman–Crippen LogP) is 3.09. The van der Waals surface area contributed by atoms with E-state index in [4.69, 9.17) is 9.15 Å². The molecule has 1 amide bonds. The first kappa shape index (κ1) is 18.2. The van der Waals surface area contributed by atoms with E-state index in [9.17, 15) is 19.1 Å². The highest BCUT2D eigenvalue weighted by Crippen LogP contribution is 2.29. The molecular formula is C19H13FN4O5. The van der Waals surface area contributed by atoms with E-state index < -0.39 is 17.7 Å². The van der Waals surface area contributed by atoms with Gasteiger partial charge < -0.3 is 14.3 Å². The summed E-state index contributed by atoms with van der Waals surface area (Å²) in [6.07, 6.45) is 1.34. The molecule has 0 aliphatic heterocycles. The lowest BCUT2D eigenvalue weighted by atomic mass is 10.0. The maximum atomic E-state index is 14.1. The summed E-state index contributed by atoms with van der Waals surface area (Å²) in [5, 5.41) is 16.2. The van der Waals surface area contributed by atoms with Gasteiger partial charge in [-0.1, -0.05) is 6.07 Å². The number of halogens is 1. The number of aromatic carboxylic acids is 1. The highest BCUT2D eigenvalue weighted by atomic mass is 19.1. The predicted molar refractivity (Wildman–Crippen MR) is 98.6 cm³/mol. The molecule has 9 nitrogen and oxygen atoms in total. The fraction of sp³-hybridized carbons (Fsp3) is 0.0526. The lowest BCUT2D eigenvalue weighted by molar-refractivity contribution is 0.0688. The van der Waals surface area contributed by atoms with Gasteiger partial charge in [-0.15, -0.1) is 5.10 Å². The van der Waals surface area contributed by atoms with Crippen LogP contribution >= 0.6 is 0 Å². The first-order valence-corrected chi connectivity index (χ1v) is 8.30. The third kappa shape index (κ3) is 3.27. The molecule has 0 bridgehead atoms. The van der Waals surface area contributed by atoms with Crippen molar-refractivity contribution < 1.29 is 28.2 Å². The fourth-order valence-corrected chi connectivity index (χ4v) is 2.84. The molecule has 0 atom stereocenters. The topological polar surface area (TPSA) is 119 Å². The second-order valence-corrected chi connectivity index (χ2v) is 5.89. The Kier molecular flexibility index (Phi) is 4.43. The fourth-order valence-electron chi connectivity index (χ4n) is 2.84. The number of anilines is 1.